The molecule has 0 aliphatic carbocycles. The first-order chi connectivity index (χ1) is 13.9. The fourth-order valence-corrected chi connectivity index (χ4v) is 4.05. The number of hydrogen-bond donors (Lipinski definition) is 2. The van der Waals surface area contributed by atoms with Gasteiger partial charge in [-0.15, -0.1) is 0 Å². The molecule has 0 bridgehead atoms. The SMILES string of the molecule is Cc1cccn2nc(C3c4nc[nH]c4CCN3c3ccc(C(C)(C)O)cn3)cc12. The van der Waals surface area contributed by atoms with Gasteiger partial charge in [0.1, 0.15) is 11.9 Å². The Labute approximate surface area is 169 Å². The molecule has 2 N–H and O–H groups in total. The number of hydrogen-bond acceptors (Lipinski definition) is 5. The maximum Gasteiger partial charge on any atom is 0.129 e. The van der Waals surface area contributed by atoms with Crippen molar-refractivity contribution in [2.75, 3.05) is 11.4 Å². The molecule has 0 amide bonds. The minimum Gasteiger partial charge on any atom is -0.386 e. The van der Waals surface area contributed by atoms with Gasteiger partial charge in [-0.25, -0.2) is 14.5 Å². The summed E-state index contributed by atoms with van der Waals surface area (Å²) in [4.78, 5) is 14.8. The number of nitrogens with one attached hydrogen (secondary N) is 1. The minimum absolute atomic E-state index is 0.121. The quantitative estimate of drug-likeness (QED) is 0.563. The van der Waals surface area contributed by atoms with Gasteiger partial charge in [0.05, 0.1) is 28.8 Å². The van der Waals surface area contributed by atoms with E-state index < -0.39 is 5.60 Å². The van der Waals surface area contributed by atoms with Gasteiger partial charge >= 0.3 is 0 Å². The maximum atomic E-state index is 10.2. The topological polar surface area (TPSA) is 82.3 Å². The Hall–Kier alpha value is -3.19. The molecule has 29 heavy (non-hydrogen) atoms. The molecule has 1 atom stereocenters. The smallest absolute Gasteiger partial charge is 0.129 e. The molecule has 148 valence electrons. The zero-order valence-corrected chi connectivity index (χ0v) is 16.8. The van der Waals surface area contributed by atoms with E-state index in [1.165, 1.54) is 5.56 Å². The van der Waals surface area contributed by atoms with Crippen LogP contribution in [0.2, 0.25) is 0 Å². The molecule has 0 radical (unpaired) electrons. The summed E-state index contributed by atoms with van der Waals surface area (Å²) >= 11 is 0. The highest BCUT2D eigenvalue weighted by Gasteiger charge is 2.34. The van der Waals surface area contributed by atoms with Gasteiger partial charge in [0.25, 0.3) is 0 Å². The third-order valence-electron chi connectivity index (χ3n) is 5.69. The summed E-state index contributed by atoms with van der Waals surface area (Å²) in [6, 6.07) is 10.0. The second-order valence-corrected chi connectivity index (χ2v) is 8.17. The Kier molecular flexibility index (Phi) is 3.96. The zero-order valence-electron chi connectivity index (χ0n) is 16.8. The molecule has 0 aromatic carbocycles. The summed E-state index contributed by atoms with van der Waals surface area (Å²) < 4.78 is 1.93. The standard InChI is InChI=1S/C22H24N6O/c1-14-5-4-9-28-18(14)11-17(26-28)21-20-16(24-13-25-20)8-10-27(21)19-7-6-15(12-23-19)22(2,3)29/h4-7,9,11-13,21,29H,8,10H2,1-3H3,(H,24,25). The van der Waals surface area contributed by atoms with Gasteiger partial charge in [-0.1, -0.05) is 12.1 Å². The Morgan fingerprint density at radius 2 is 2.07 bits per heavy atom. The molecule has 1 aliphatic rings. The molecule has 4 aromatic rings. The van der Waals surface area contributed by atoms with Crippen LogP contribution in [0.1, 0.15) is 48.1 Å². The monoisotopic (exact) mass is 388 g/mol. The second kappa shape index (κ2) is 6.42. The second-order valence-electron chi connectivity index (χ2n) is 8.17. The fourth-order valence-electron chi connectivity index (χ4n) is 4.05. The van der Waals surface area contributed by atoms with Gasteiger partial charge in [0.2, 0.25) is 0 Å². The number of H-pyrrole nitrogens is 1. The first-order valence-corrected chi connectivity index (χ1v) is 9.84. The number of nitrogens with zero attached hydrogens (tertiary/aromatic N) is 5. The highest BCUT2D eigenvalue weighted by atomic mass is 16.3. The molecular weight excluding hydrogens is 364 g/mol. The van der Waals surface area contributed by atoms with Crippen molar-refractivity contribution in [3.05, 3.63) is 77.3 Å². The molecule has 0 saturated heterocycles. The number of aromatic amines is 1. The first kappa shape index (κ1) is 17.9. The Morgan fingerprint density at radius 1 is 1.21 bits per heavy atom. The van der Waals surface area contributed by atoms with Crippen LogP contribution < -0.4 is 4.90 Å². The van der Waals surface area contributed by atoms with E-state index in [1.807, 2.05) is 28.9 Å². The van der Waals surface area contributed by atoms with E-state index in [9.17, 15) is 5.11 Å². The Balaban J connectivity index is 1.61. The highest BCUT2D eigenvalue weighted by molar-refractivity contribution is 5.57. The summed E-state index contributed by atoms with van der Waals surface area (Å²) in [7, 11) is 0. The summed E-state index contributed by atoms with van der Waals surface area (Å²) in [5.74, 6) is 0.852. The number of pyridine rings is 2. The molecule has 0 spiro atoms. The number of anilines is 1. The van der Waals surface area contributed by atoms with Crippen LogP contribution in [0.5, 0.6) is 0 Å². The van der Waals surface area contributed by atoms with Crippen LogP contribution in [0, 0.1) is 6.92 Å². The molecule has 5 rings (SSSR count). The number of fused-ring (bicyclic) bond motifs is 2. The van der Waals surface area contributed by atoms with Crippen molar-refractivity contribution in [3.63, 3.8) is 0 Å². The summed E-state index contributed by atoms with van der Waals surface area (Å²) in [5, 5.41) is 15.1. The average Bonchev–Trinajstić information content (AvgIpc) is 3.34. The lowest BCUT2D eigenvalue weighted by atomic mass is 9.98. The van der Waals surface area contributed by atoms with Crippen LogP contribution in [0.3, 0.4) is 0 Å². The molecule has 1 aliphatic heterocycles. The van der Waals surface area contributed by atoms with Crippen molar-refractivity contribution < 1.29 is 5.11 Å². The van der Waals surface area contributed by atoms with Crippen molar-refractivity contribution in [1.29, 1.82) is 0 Å². The lowest BCUT2D eigenvalue weighted by Gasteiger charge is -2.35. The van der Waals surface area contributed by atoms with E-state index in [2.05, 4.69) is 38.9 Å². The van der Waals surface area contributed by atoms with E-state index in [-0.39, 0.29) is 6.04 Å². The van der Waals surface area contributed by atoms with E-state index in [1.54, 1.807) is 26.4 Å². The molecule has 7 nitrogen and oxygen atoms in total. The van der Waals surface area contributed by atoms with Gasteiger partial charge in [-0.3, -0.25) is 0 Å². The van der Waals surface area contributed by atoms with Crippen molar-refractivity contribution in [2.24, 2.45) is 0 Å². The van der Waals surface area contributed by atoms with Gasteiger partial charge in [-0.05, 0) is 44.5 Å². The van der Waals surface area contributed by atoms with Crippen LogP contribution in [-0.2, 0) is 12.0 Å². The maximum absolute atomic E-state index is 10.2. The van der Waals surface area contributed by atoms with Gasteiger partial charge in [-0.2, -0.15) is 5.10 Å². The van der Waals surface area contributed by atoms with Crippen molar-refractivity contribution >= 4 is 11.3 Å². The highest BCUT2D eigenvalue weighted by Crippen LogP contribution is 2.36. The van der Waals surface area contributed by atoms with Gasteiger partial charge in [0.15, 0.2) is 0 Å². The molecule has 0 saturated carbocycles. The Bertz CT molecular complexity index is 1170. The van der Waals surface area contributed by atoms with Gasteiger partial charge in [0, 0.05) is 36.6 Å². The largest absolute Gasteiger partial charge is 0.386 e. The van der Waals surface area contributed by atoms with Crippen molar-refractivity contribution in [2.45, 2.75) is 38.8 Å². The minimum atomic E-state index is -0.915. The molecular formula is C22H24N6O. The predicted octanol–water partition coefficient (Wildman–Crippen LogP) is 3.14. The van der Waals surface area contributed by atoms with Crippen LogP contribution >= 0.6 is 0 Å². The fraction of sp³-hybridized carbons (Fsp3) is 0.318. The molecule has 5 heterocycles. The van der Waals surface area contributed by atoms with Crippen molar-refractivity contribution in [3.8, 4) is 0 Å². The average molecular weight is 388 g/mol. The number of rotatable bonds is 3. The zero-order chi connectivity index (χ0) is 20.2. The van der Waals surface area contributed by atoms with Gasteiger partial charge < -0.3 is 15.0 Å². The molecule has 1 unspecified atom stereocenters. The van der Waals surface area contributed by atoms with E-state index >= 15 is 0 Å². The lowest BCUT2D eigenvalue weighted by molar-refractivity contribution is 0.0782. The number of aryl methyl sites for hydroxylation is 1. The number of imidazole rings is 1. The van der Waals surface area contributed by atoms with E-state index in [0.717, 1.165) is 46.9 Å². The predicted molar refractivity (Wildman–Crippen MR) is 111 cm³/mol. The van der Waals surface area contributed by atoms with Crippen LogP contribution in [0.15, 0.2) is 49.1 Å². The molecule has 0 fully saturated rings. The summed E-state index contributed by atoms with van der Waals surface area (Å²) in [6.07, 6.45) is 6.35. The first-order valence-electron chi connectivity index (χ1n) is 9.84. The molecule has 4 aromatic heterocycles. The van der Waals surface area contributed by atoms with Crippen LogP contribution in [-0.4, -0.2) is 36.2 Å². The number of aliphatic hydroxyl groups is 1. The molecule has 7 heteroatoms. The third-order valence-corrected chi connectivity index (χ3v) is 5.69. The Morgan fingerprint density at radius 3 is 2.79 bits per heavy atom. The van der Waals surface area contributed by atoms with Crippen molar-refractivity contribution in [1.82, 2.24) is 24.6 Å². The number of aromatic nitrogens is 5. The van der Waals surface area contributed by atoms with Crippen LogP contribution in [0.4, 0.5) is 5.82 Å². The normalized spacial score (nSPS) is 17.0. The van der Waals surface area contributed by atoms with Crippen LogP contribution in [0.25, 0.3) is 5.52 Å². The summed E-state index contributed by atoms with van der Waals surface area (Å²) in [6.45, 7) is 6.43. The summed E-state index contributed by atoms with van der Waals surface area (Å²) in [5.41, 5.74) is 5.23. The van der Waals surface area contributed by atoms with E-state index in [0.29, 0.717) is 0 Å². The lowest BCUT2D eigenvalue weighted by Crippen LogP contribution is -2.37. The van der Waals surface area contributed by atoms with E-state index in [4.69, 9.17) is 5.10 Å². The third kappa shape index (κ3) is 2.98.